The molecule has 0 saturated heterocycles. The largest absolute Gasteiger partial charge is 0.325 e. The van der Waals surface area contributed by atoms with Crippen molar-refractivity contribution in [3.8, 4) is 0 Å². The zero-order chi connectivity index (χ0) is 10.3. The van der Waals surface area contributed by atoms with Crippen molar-refractivity contribution < 1.29 is 0 Å². The van der Waals surface area contributed by atoms with E-state index in [-0.39, 0.29) is 5.54 Å². The summed E-state index contributed by atoms with van der Waals surface area (Å²) in [5, 5.41) is 3.58. The third-order valence-corrected chi connectivity index (χ3v) is 4.96. The van der Waals surface area contributed by atoms with Gasteiger partial charge in [-0.1, -0.05) is 6.42 Å². The number of rotatable bonds is 3. The van der Waals surface area contributed by atoms with Crippen molar-refractivity contribution in [3.63, 3.8) is 0 Å². The van der Waals surface area contributed by atoms with Gasteiger partial charge in [-0.2, -0.15) is 0 Å². The highest BCUT2D eigenvalue weighted by Gasteiger charge is 2.33. The van der Waals surface area contributed by atoms with E-state index in [0.29, 0.717) is 0 Å². The summed E-state index contributed by atoms with van der Waals surface area (Å²) in [6.45, 7) is 0. The highest BCUT2D eigenvalue weighted by atomic mass is 32.1. The van der Waals surface area contributed by atoms with E-state index in [4.69, 9.17) is 10.7 Å². The Morgan fingerprint density at radius 2 is 2.20 bits per heavy atom. The minimum atomic E-state index is 0.0883. The second kappa shape index (κ2) is 3.56. The third kappa shape index (κ3) is 1.83. The Morgan fingerprint density at radius 3 is 2.73 bits per heavy atom. The van der Waals surface area contributed by atoms with Gasteiger partial charge in [-0.3, -0.25) is 0 Å². The van der Waals surface area contributed by atoms with Crippen molar-refractivity contribution in [3.05, 3.63) is 16.1 Å². The van der Waals surface area contributed by atoms with E-state index < -0.39 is 0 Å². The van der Waals surface area contributed by atoms with Gasteiger partial charge in [0.2, 0.25) is 0 Å². The smallest absolute Gasteiger partial charge is 0.0959 e. The SMILES string of the molecule is NC1(Cc2csc(C3CCC3)n2)CCC1. The summed E-state index contributed by atoms with van der Waals surface area (Å²) in [4.78, 5) is 4.74. The molecule has 0 aromatic carbocycles. The topological polar surface area (TPSA) is 38.9 Å². The molecule has 1 heterocycles. The van der Waals surface area contributed by atoms with Gasteiger partial charge in [-0.25, -0.2) is 4.98 Å². The fourth-order valence-electron chi connectivity index (χ4n) is 2.41. The maximum Gasteiger partial charge on any atom is 0.0959 e. The van der Waals surface area contributed by atoms with Crippen LogP contribution >= 0.6 is 11.3 Å². The quantitative estimate of drug-likeness (QED) is 0.854. The fraction of sp³-hybridized carbons (Fsp3) is 0.750. The average molecular weight is 222 g/mol. The summed E-state index contributed by atoms with van der Waals surface area (Å²) in [5.74, 6) is 0.777. The normalized spacial score (nSPS) is 24.6. The van der Waals surface area contributed by atoms with Crippen molar-refractivity contribution in [2.75, 3.05) is 0 Å². The molecule has 0 radical (unpaired) electrons. The van der Waals surface area contributed by atoms with Crippen LogP contribution in [-0.2, 0) is 6.42 Å². The van der Waals surface area contributed by atoms with Gasteiger partial charge in [0.15, 0.2) is 0 Å². The van der Waals surface area contributed by atoms with Crippen LogP contribution < -0.4 is 5.73 Å². The highest BCUT2D eigenvalue weighted by molar-refractivity contribution is 7.09. The summed E-state index contributed by atoms with van der Waals surface area (Å²) in [5.41, 5.74) is 7.56. The first kappa shape index (κ1) is 9.79. The van der Waals surface area contributed by atoms with E-state index in [1.165, 1.54) is 49.2 Å². The molecule has 0 unspecified atom stereocenters. The maximum atomic E-state index is 6.23. The number of nitrogens with zero attached hydrogens (tertiary/aromatic N) is 1. The summed E-state index contributed by atoms with van der Waals surface area (Å²) in [7, 11) is 0. The number of hydrogen-bond acceptors (Lipinski definition) is 3. The molecule has 3 heteroatoms. The molecule has 2 aliphatic rings. The molecule has 0 aliphatic heterocycles. The summed E-state index contributed by atoms with van der Waals surface area (Å²) < 4.78 is 0. The van der Waals surface area contributed by atoms with Crippen LogP contribution in [0.25, 0.3) is 0 Å². The molecule has 2 saturated carbocycles. The van der Waals surface area contributed by atoms with Gasteiger partial charge in [-0.05, 0) is 32.1 Å². The summed E-state index contributed by atoms with van der Waals surface area (Å²) in [6, 6.07) is 0. The number of nitrogens with two attached hydrogens (primary N) is 1. The van der Waals surface area contributed by atoms with E-state index in [0.717, 1.165) is 12.3 Å². The van der Waals surface area contributed by atoms with E-state index in [1.807, 2.05) is 11.3 Å². The molecule has 2 N–H and O–H groups in total. The van der Waals surface area contributed by atoms with Crippen LogP contribution in [0.1, 0.15) is 55.1 Å². The van der Waals surface area contributed by atoms with Crippen LogP contribution in [0.15, 0.2) is 5.38 Å². The minimum Gasteiger partial charge on any atom is -0.325 e. The van der Waals surface area contributed by atoms with Gasteiger partial charge in [0.05, 0.1) is 10.7 Å². The molecule has 0 atom stereocenters. The predicted octanol–water partition coefficient (Wildman–Crippen LogP) is 2.83. The van der Waals surface area contributed by atoms with Gasteiger partial charge in [0, 0.05) is 23.3 Å². The summed E-state index contributed by atoms with van der Waals surface area (Å²) >= 11 is 1.84. The predicted molar refractivity (Wildman–Crippen MR) is 63.2 cm³/mol. The highest BCUT2D eigenvalue weighted by Crippen LogP contribution is 2.39. The first-order chi connectivity index (χ1) is 7.25. The second-order valence-corrected chi connectivity index (χ2v) is 6.09. The van der Waals surface area contributed by atoms with Gasteiger partial charge < -0.3 is 5.73 Å². The third-order valence-electron chi connectivity index (χ3n) is 3.91. The van der Waals surface area contributed by atoms with Crippen molar-refractivity contribution in [2.45, 2.75) is 56.4 Å². The standard InChI is InChI=1S/C12H18N2S/c13-12(5-2-6-12)7-10-8-15-11(14-10)9-3-1-4-9/h8-9H,1-7,13H2. The molecule has 3 rings (SSSR count). The zero-order valence-electron chi connectivity index (χ0n) is 9.04. The Kier molecular flexibility index (Phi) is 2.33. The number of aromatic nitrogens is 1. The van der Waals surface area contributed by atoms with Gasteiger partial charge in [-0.15, -0.1) is 11.3 Å². The molecule has 1 aromatic rings. The van der Waals surface area contributed by atoms with Crippen LogP contribution in [0, 0.1) is 0 Å². The first-order valence-corrected chi connectivity index (χ1v) is 6.86. The Hall–Kier alpha value is -0.410. The Bertz CT molecular complexity index is 350. The molecule has 2 nitrogen and oxygen atoms in total. The van der Waals surface area contributed by atoms with Gasteiger partial charge >= 0.3 is 0 Å². The van der Waals surface area contributed by atoms with Crippen LogP contribution in [0.2, 0.25) is 0 Å². The van der Waals surface area contributed by atoms with Crippen molar-refractivity contribution >= 4 is 11.3 Å². The lowest BCUT2D eigenvalue weighted by Gasteiger charge is -2.37. The van der Waals surface area contributed by atoms with Crippen LogP contribution in [-0.4, -0.2) is 10.5 Å². The van der Waals surface area contributed by atoms with Crippen LogP contribution in [0.3, 0.4) is 0 Å². The lowest BCUT2D eigenvalue weighted by atomic mass is 9.75. The van der Waals surface area contributed by atoms with Gasteiger partial charge in [0.1, 0.15) is 0 Å². The molecule has 2 aliphatic carbocycles. The van der Waals surface area contributed by atoms with Crippen molar-refractivity contribution in [1.82, 2.24) is 4.98 Å². The fourth-order valence-corrected chi connectivity index (χ4v) is 3.41. The number of hydrogen-bond donors (Lipinski definition) is 1. The minimum absolute atomic E-state index is 0.0883. The molecule has 0 spiro atoms. The number of thiazole rings is 1. The second-order valence-electron chi connectivity index (χ2n) is 5.20. The molecular weight excluding hydrogens is 204 g/mol. The molecular formula is C12H18N2S. The van der Waals surface area contributed by atoms with Gasteiger partial charge in [0.25, 0.3) is 0 Å². The van der Waals surface area contributed by atoms with E-state index in [9.17, 15) is 0 Å². The molecule has 15 heavy (non-hydrogen) atoms. The lowest BCUT2D eigenvalue weighted by Crippen LogP contribution is -2.48. The zero-order valence-corrected chi connectivity index (χ0v) is 9.85. The summed E-state index contributed by atoms with van der Waals surface area (Å²) in [6.07, 6.45) is 8.75. The Labute approximate surface area is 94.9 Å². The maximum absolute atomic E-state index is 6.23. The lowest BCUT2D eigenvalue weighted by molar-refractivity contribution is 0.245. The van der Waals surface area contributed by atoms with Crippen molar-refractivity contribution in [1.29, 1.82) is 0 Å². The molecule has 2 fully saturated rings. The Morgan fingerprint density at radius 1 is 1.40 bits per heavy atom. The van der Waals surface area contributed by atoms with E-state index >= 15 is 0 Å². The van der Waals surface area contributed by atoms with E-state index in [1.54, 1.807) is 0 Å². The molecule has 0 bridgehead atoms. The molecule has 1 aromatic heterocycles. The first-order valence-electron chi connectivity index (χ1n) is 5.98. The van der Waals surface area contributed by atoms with Crippen molar-refractivity contribution in [2.24, 2.45) is 5.73 Å². The van der Waals surface area contributed by atoms with Crippen LogP contribution in [0.5, 0.6) is 0 Å². The average Bonchev–Trinajstić information content (AvgIpc) is 2.47. The van der Waals surface area contributed by atoms with E-state index in [2.05, 4.69) is 5.38 Å². The Balaban J connectivity index is 1.67. The monoisotopic (exact) mass is 222 g/mol. The molecule has 82 valence electrons. The van der Waals surface area contributed by atoms with Crippen LogP contribution in [0.4, 0.5) is 0 Å². The molecule has 0 amide bonds.